The molecule has 3 N–H and O–H groups in total. The lowest BCUT2D eigenvalue weighted by molar-refractivity contribution is 0.394. The van der Waals surface area contributed by atoms with E-state index in [0.29, 0.717) is 17.1 Å². The Hall–Kier alpha value is -1.57. The number of nitrogens with two attached hydrogens (primary N) is 1. The Morgan fingerprint density at radius 2 is 2.16 bits per heavy atom. The summed E-state index contributed by atoms with van der Waals surface area (Å²) in [5, 5.41) is 0. The van der Waals surface area contributed by atoms with Crippen LogP contribution in [-0.2, 0) is 0 Å². The molecule has 0 spiro atoms. The van der Waals surface area contributed by atoms with Crippen molar-refractivity contribution in [2.75, 3.05) is 7.11 Å². The Balaban J connectivity index is 2.46. The number of aromatic nitrogens is 2. The normalized spacial score (nSPS) is 12.2. The predicted molar refractivity (Wildman–Crippen MR) is 71.9 cm³/mol. The fourth-order valence-electron chi connectivity index (χ4n) is 1.69. The third kappa shape index (κ3) is 3.06. The Labute approximate surface area is 118 Å². The maximum absolute atomic E-state index is 13.9. The van der Waals surface area contributed by atoms with Crippen LogP contribution in [0.15, 0.2) is 35.1 Å². The second kappa shape index (κ2) is 6.05. The van der Waals surface area contributed by atoms with Crippen LogP contribution in [-0.4, -0.2) is 17.1 Å². The minimum Gasteiger partial charge on any atom is -0.481 e. The molecular weight excluding hydrogens is 315 g/mol. The molecule has 19 heavy (non-hydrogen) atoms. The molecule has 0 saturated heterocycles. The quantitative estimate of drug-likeness (QED) is 0.663. The summed E-state index contributed by atoms with van der Waals surface area (Å²) in [4.78, 5) is 7.99. The average Bonchev–Trinajstić information content (AvgIpc) is 2.44. The molecule has 1 unspecified atom stereocenters. The van der Waals surface area contributed by atoms with E-state index in [0.717, 1.165) is 4.47 Å². The smallest absolute Gasteiger partial charge is 0.216 e. The molecular formula is C12H12BrFN4O. The van der Waals surface area contributed by atoms with E-state index in [-0.39, 0.29) is 5.82 Å². The van der Waals surface area contributed by atoms with Crippen molar-refractivity contribution in [1.29, 1.82) is 0 Å². The summed E-state index contributed by atoms with van der Waals surface area (Å²) in [7, 11) is 1.50. The number of hydrazine groups is 1. The molecule has 1 atom stereocenters. The van der Waals surface area contributed by atoms with Gasteiger partial charge in [0.2, 0.25) is 5.88 Å². The van der Waals surface area contributed by atoms with Gasteiger partial charge in [-0.1, -0.05) is 15.9 Å². The lowest BCUT2D eigenvalue weighted by atomic mass is 10.0. The van der Waals surface area contributed by atoms with Gasteiger partial charge in [-0.25, -0.2) is 19.8 Å². The monoisotopic (exact) mass is 326 g/mol. The lowest BCUT2D eigenvalue weighted by Gasteiger charge is -2.17. The summed E-state index contributed by atoms with van der Waals surface area (Å²) in [5.74, 6) is 5.53. The van der Waals surface area contributed by atoms with Crippen LogP contribution >= 0.6 is 15.9 Å². The summed E-state index contributed by atoms with van der Waals surface area (Å²) in [6.07, 6.45) is 1.34. The Kier molecular flexibility index (Phi) is 4.41. The summed E-state index contributed by atoms with van der Waals surface area (Å²) in [6, 6.07) is 5.64. The molecule has 0 fully saturated rings. The van der Waals surface area contributed by atoms with E-state index < -0.39 is 6.04 Å². The molecule has 0 saturated carbocycles. The second-order valence-electron chi connectivity index (χ2n) is 3.75. The van der Waals surface area contributed by atoms with Crippen molar-refractivity contribution in [3.8, 4) is 5.88 Å². The number of hydrogen-bond donors (Lipinski definition) is 2. The van der Waals surface area contributed by atoms with Crippen molar-refractivity contribution < 1.29 is 9.13 Å². The molecule has 1 aromatic carbocycles. The van der Waals surface area contributed by atoms with Crippen molar-refractivity contribution in [1.82, 2.24) is 15.4 Å². The van der Waals surface area contributed by atoms with Crippen LogP contribution in [0.2, 0.25) is 0 Å². The topological polar surface area (TPSA) is 73.1 Å². The Morgan fingerprint density at radius 3 is 2.84 bits per heavy atom. The predicted octanol–water partition coefficient (Wildman–Crippen LogP) is 1.94. The van der Waals surface area contributed by atoms with Gasteiger partial charge < -0.3 is 4.74 Å². The average molecular weight is 327 g/mol. The third-order valence-electron chi connectivity index (χ3n) is 2.60. The number of nitrogens with zero attached hydrogens (tertiary/aromatic N) is 2. The molecule has 0 aliphatic carbocycles. The Morgan fingerprint density at radius 1 is 1.37 bits per heavy atom. The highest BCUT2D eigenvalue weighted by molar-refractivity contribution is 9.10. The van der Waals surface area contributed by atoms with E-state index in [2.05, 4.69) is 31.3 Å². The van der Waals surface area contributed by atoms with Gasteiger partial charge in [0.1, 0.15) is 12.1 Å². The number of halogens is 2. The van der Waals surface area contributed by atoms with Crippen molar-refractivity contribution in [2.45, 2.75) is 6.04 Å². The molecule has 5 nitrogen and oxygen atoms in total. The fourth-order valence-corrected chi connectivity index (χ4v) is 2.07. The fraction of sp³-hybridized carbons (Fsp3) is 0.167. The van der Waals surface area contributed by atoms with Crippen molar-refractivity contribution in [3.63, 3.8) is 0 Å². The summed E-state index contributed by atoms with van der Waals surface area (Å²) < 4.78 is 19.7. The molecule has 7 heteroatoms. The van der Waals surface area contributed by atoms with Crippen LogP contribution in [0.25, 0.3) is 0 Å². The highest BCUT2D eigenvalue weighted by Gasteiger charge is 2.19. The number of hydrogen-bond acceptors (Lipinski definition) is 5. The molecule has 2 rings (SSSR count). The first-order valence-electron chi connectivity index (χ1n) is 5.42. The number of rotatable bonds is 4. The van der Waals surface area contributed by atoms with Crippen LogP contribution in [0.1, 0.15) is 17.3 Å². The maximum Gasteiger partial charge on any atom is 0.216 e. The largest absolute Gasteiger partial charge is 0.481 e. The van der Waals surface area contributed by atoms with Gasteiger partial charge in [0.15, 0.2) is 0 Å². The van der Waals surface area contributed by atoms with Gasteiger partial charge in [-0.3, -0.25) is 5.84 Å². The van der Waals surface area contributed by atoms with E-state index in [4.69, 9.17) is 10.6 Å². The van der Waals surface area contributed by atoms with Gasteiger partial charge in [0, 0.05) is 16.1 Å². The van der Waals surface area contributed by atoms with Crippen molar-refractivity contribution >= 4 is 15.9 Å². The van der Waals surface area contributed by atoms with Crippen LogP contribution in [0, 0.1) is 5.82 Å². The first-order valence-corrected chi connectivity index (χ1v) is 6.22. The summed E-state index contributed by atoms with van der Waals surface area (Å²) >= 11 is 3.30. The SMILES string of the molecule is COc1cc(C(NN)c2cc(Br)ccc2F)ncn1. The van der Waals surface area contributed by atoms with Crippen LogP contribution in [0.5, 0.6) is 5.88 Å². The molecule has 100 valence electrons. The van der Waals surface area contributed by atoms with E-state index >= 15 is 0 Å². The molecule has 0 bridgehead atoms. The van der Waals surface area contributed by atoms with Crippen LogP contribution in [0.4, 0.5) is 4.39 Å². The zero-order valence-electron chi connectivity index (χ0n) is 10.1. The van der Waals surface area contributed by atoms with Crippen molar-refractivity contribution in [3.05, 3.63) is 52.1 Å². The number of ether oxygens (including phenoxy) is 1. The zero-order chi connectivity index (χ0) is 13.8. The molecule has 0 aliphatic heterocycles. The van der Waals surface area contributed by atoms with E-state index in [1.165, 1.54) is 19.5 Å². The van der Waals surface area contributed by atoms with E-state index in [1.54, 1.807) is 18.2 Å². The van der Waals surface area contributed by atoms with Crippen LogP contribution < -0.4 is 16.0 Å². The zero-order valence-corrected chi connectivity index (χ0v) is 11.7. The lowest BCUT2D eigenvalue weighted by Crippen LogP contribution is -2.30. The first-order chi connectivity index (χ1) is 9.15. The van der Waals surface area contributed by atoms with Gasteiger partial charge in [-0.05, 0) is 18.2 Å². The van der Waals surface area contributed by atoms with Gasteiger partial charge in [0.05, 0.1) is 18.8 Å². The standard InChI is InChI=1S/C12H12BrFN4O/c1-19-11-5-10(16-6-17-11)12(18-15)8-4-7(13)2-3-9(8)14/h2-6,12,18H,15H2,1H3. The Bertz CT molecular complexity index is 581. The van der Waals surface area contributed by atoms with E-state index in [1.807, 2.05) is 0 Å². The summed E-state index contributed by atoms with van der Waals surface area (Å²) in [5.41, 5.74) is 3.45. The number of methoxy groups -OCH3 is 1. The highest BCUT2D eigenvalue weighted by atomic mass is 79.9. The summed E-state index contributed by atoms with van der Waals surface area (Å²) in [6.45, 7) is 0. The highest BCUT2D eigenvalue weighted by Crippen LogP contribution is 2.26. The molecule has 0 radical (unpaired) electrons. The maximum atomic E-state index is 13.9. The molecule has 0 aliphatic rings. The minimum atomic E-state index is -0.589. The second-order valence-corrected chi connectivity index (χ2v) is 4.67. The van der Waals surface area contributed by atoms with Gasteiger partial charge >= 0.3 is 0 Å². The van der Waals surface area contributed by atoms with Crippen molar-refractivity contribution in [2.24, 2.45) is 5.84 Å². The van der Waals surface area contributed by atoms with Gasteiger partial charge in [-0.15, -0.1) is 0 Å². The molecule has 0 amide bonds. The third-order valence-corrected chi connectivity index (χ3v) is 3.10. The van der Waals surface area contributed by atoms with Gasteiger partial charge in [-0.2, -0.15) is 0 Å². The van der Waals surface area contributed by atoms with Gasteiger partial charge in [0.25, 0.3) is 0 Å². The molecule has 2 aromatic rings. The number of benzene rings is 1. The molecule has 1 heterocycles. The first kappa shape index (κ1) is 13.9. The van der Waals surface area contributed by atoms with E-state index in [9.17, 15) is 4.39 Å². The minimum absolute atomic E-state index is 0.372. The number of nitrogens with one attached hydrogen (secondary N) is 1. The molecule has 1 aromatic heterocycles. The van der Waals surface area contributed by atoms with Crippen LogP contribution in [0.3, 0.4) is 0 Å².